The number of benzene rings is 2. The molecule has 0 fully saturated rings. The third-order valence-corrected chi connectivity index (χ3v) is 4.99. The van der Waals surface area contributed by atoms with Crippen molar-refractivity contribution in [1.29, 1.82) is 0 Å². The smallest absolute Gasteiger partial charge is 0.248 e. The molecule has 0 bridgehead atoms. The Morgan fingerprint density at radius 1 is 1.21 bits per heavy atom. The second kappa shape index (κ2) is 9.21. The van der Waals surface area contributed by atoms with Crippen LogP contribution in [0.3, 0.4) is 0 Å². The van der Waals surface area contributed by atoms with Crippen LogP contribution in [0.2, 0.25) is 0 Å². The minimum Gasteiger partial charge on any atom is -0.434 e. The van der Waals surface area contributed by atoms with E-state index in [-0.39, 0.29) is 11.6 Å². The third-order valence-electron chi connectivity index (χ3n) is 4.99. The van der Waals surface area contributed by atoms with Crippen molar-refractivity contribution in [3.8, 4) is 22.9 Å². The average Bonchev–Trinajstić information content (AvgIpc) is 3.21. The molecule has 0 saturated carbocycles. The molecule has 0 aliphatic rings. The summed E-state index contributed by atoms with van der Waals surface area (Å²) in [6.07, 6.45) is 1.62. The van der Waals surface area contributed by atoms with Crippen LogP contribution >= 0.6 is 0 Å². The van der Waals surface area contributed by atoms with Crippen molar-refractivity contribution >= 4 is 17.2 Å². The maximum Gasteiger partial charge on any atom is 0.248 e. The Bertz CT molecular complexity index is 1340. The zero-order chi connectivity index (χ0) is 23.5. The SMILES string of the molecule is COCCNc1cc(Oc2cccc(F)c2F)nn2c(-c3ccc(C(N)=O)c(C)c3)cnc12. The highest BCUT2D eigenvalue weighted by Gasteiger charge is 2.17. The van der Waals surface area contributed by atoms with Gasteiger partial charge in [-0.15, -0.1) is 5.10 Å². The normalized spacial score (nSPS) is 11.0. The van der Waals surface area contributed by atoms with Gasteiger partial charge >= 0.3 is 0 Å². The van der Waals surface area contributed by atoms with Gasteiger partial charge < -0.3 is 20.5 Å². The Kier molecular flexibility index (Phi) is 6.18. The lowest BCUT2D eigenvalue weighted by Crippen LogP contribution is -2.12. The largest absolute Gasteiger partial charge is 0.434 e. The van der Waals surface area contributed by atoms with Crippen molar-refractivity contribution in [2.24, 2.45) is 5.73 Å². The number of nitrogens with zero attached hydrogens (tertiary/aromatic N) is 3. The van der Waals surface area contributed by atoms with Gasteiger partial charge in [0.15, 0.2) is 17.2 Å². The zero-order valence-electron chi connectivity index (χ0n) is 17.9. The van der Waals surface area contributed by atoms with Crippen molar-refractivity contribution in [2.75, 3.05) is 25.6 Å². The Morgan fingerprint density at radius 3 is 2.76 bits per heavy atom. The topological polar surface area (TPSA) is 104 Å². The molecule has 2 aromatic heterocycles. The van der Waals surface area contributed by atoms with Crippen LogP contribution in [0.4, 0.5) is 14.5 Å². The Hall–Kier alpha value is -4.05. The quantitative estimate of drug-likeness (QED) is 0.392. The lowest BCUT2D eigenvalue weighted by molar-refractivity contribution is 0.0999. The molecular weight excluding hydrogens is 432 g/mol. The maximum atomic E-state index is 14.2. The number of aromatic nitrogens is 3. The van der Waals surface area contributed by atoms with E-state index in [0.29, 0.717) is 41.3 Å². The minimum atomic E-state index is -1.11. The molecule has 0 aliphatic heterocycles. The molecule has 10 heteroatoms. The molecule has 2 aromatic carbocycles. The van der Waals surface area contributed by atoms with Crippen molar-refractivity contribution in [3.05, 3.63) is 71.4 Å². The molecule has 4 rings (SSSR count). The number of imidazole rings is 1. The highest BCUT2D eigenvalue weighted by atomic mass is 19.2. The molecule has 3 N–H and O–H groups in total. The molecule has 0 aliphatic carbocycles. The summed E-state index contributed by atoms with van der Waals surface area (Å²) >= 11 is 0. The first-order valence-corrected chi connectivity index (χ1v) is 10.0. The molecule has 0 saturated heterocycles. The molecule has 0 spiro atoms. The highest BCUT2D eigenvalue weighted by Crippen LogP contribution is 2.31. The summed E-state index contributed by atoms with van der Waals surface area (Å²) in [6, 6.07) is 10.4. The second-order valence-electron chi connectivity index (χ2n) is 7.24. The van der Waals surface area contributed by atoms with Gasteiger partial charge in [-0.1, -0.05) is 12.1 Å². The number of carbonyl (C=O) groups excluding carboxylic acids is 1. The van der Waals surface area contributed by atoms with Crippen LogP contribution in [0, 0.1) is 18.6 Å². The van der Waals surface area contributed by atoms with E-state index in [1.807, 2.05) is 0 Å². The van der Waals surface area contributed by atoms with Crippen LogP contribution in [0.25, 0.3) is 16.9 Å². The number of aryl methyl sites for hydroxylation is 1. The van der Waals surface area contributed by atoms with Crippen LogP contribution in [0.15, 0.2) is 48.7 Å². The van der Waals surface area contributed by atoms with E-state index < -0.39 is 17.5 Å². The van der Waals surface area contributed by atoms with Crippen LogP contribution in [0.5, 0.6) is 11.6 Å². The fraction of sp³-hybridized carbons (Fsp3) is 0.174. The first-order chi connectivity index (χ1) is 15.9. The van der Waals surface area contributed by atoms with Gasteiger partial charge in [0.05, 0.1) is 24.2 Å². The molecule has 2 heterocycles. The van der Waals surface area contributed by atoms with Gasteiger partial charge in [-0.3, -0.25) is 4.79 Å². The molecule has 0 atom stereocenters. The summed E-state index contributed by atoms with van der Waals surface area (Å²) in [5.74, 6) is -2.94. The van der Waals surface area contributed by atoms with Gasteiger partial charge in [0.2, 0.25) is 17.6 Å². The van der Waals surface area contributed by atoms with Gasteiger partial charge in [0.1, 0.15) is 0 Å². The first kappa shape index (κ1) is 22.2. The number of hydrogen-bond acceptors (Lipinski definition) is 6. The number of ether oxygens (including phenoxy) is 2. The molecule has 170 valence electrons. The number of anilines is 1. The van der Waals surface area contributed by atoms with Gasteiger partial charge in [0, 0.05) is 30.8 Å². The summed E-state index contributed by atoms with van der Waals surface area (Å²) in [5, 5.41) is 7.62. The predicted molar refractivity (Wildman–Crippen MR) is 118 cm³/mol. The van der Waals surface area contributed by atoms with Crippen LogP contribution in [-0.4, -0.2) is 40.8 Å². The fourth-order valence-corrected chi connectivity index (χ4v) is 3.39. The van der Waals surface area contributed by atoms with Crippen molar-refractivity contribution < 1.29 is 23.0 Å². The number of nitrogens with two attached hydrogens (primary N) is 1. The van der Waals surface area contributed by atoms with E-state index >= 15 is 0 Å². The van der Waals surface area contributed by atoms with E-state index in [1.165, 1.54) is 16.6 Å². The standard InChI is InChI=1S/C23H21F2N5O3/c1-13-10-14(6-7-15(13)22(26)31)18-12-28-23-17(27-8-9-32-2)11-20(29-30(18)23)33-19-5-3-4-16(24)21(19)25/h3-7,10-12,27H,8-9H2,1-2H3,(H2,26,31). The van der Waals surface area contributed by atoms with Gasteiger partial charge in [-0.2, -0.15) is 4.39 Å². The van der Waals surface area contributed by atoms with Crippen LogP contribution in [-0.2, 0) is 4.74 Å². The summed E-state index contributed by atoms with van der Waals surface area (Å²) in [7, 11) is 1.58. The number of nitrogens with one attached hydrogen (secondary N) is 1. The maximum absolute atomic E-state index is 14.2. The average molecular weight is 453 g/mol. The van der Waals surface area contributed by atoms with Crippen molar-refractivity contribution in [2.45, 2.75) is 6.92 Å². The fourth-order valence-electron chi connectivity index (χ4n) is 3.39. The van der Waals surface area contributed by atoms with Crippen molar-refractivity contribution in [3.63, 3.8) is 0 Å². The number of primary amides is 1. The Morgan fingerprint density at radius 2 is 2.03 bits per heavy atom. The molecule has 8 nitrogen and oxygen atoms in total. The predicted octanol–water partition coefficient (Wildman–Crippen LogP) is 3.93. The third kappa shape index (κ3) is 4.46. The molecular formula is C23H21F2N5O3. The molecule has 1 amide bonds. The second-order valence-corrected chi connectivity index (χ2v) is 7.24. The number of amides is 1. The zero-order valence-corrected chi connectivity index (χ0v) is 17.9. The first-order valence-electron chi connectivity index (χ1n) is 10.0. The minimum absolute atomic E-state index is 0.0247. The van der Waals surface area contributed by atoms with E-state index in [9.17, 15) is 13.6 Å². The number of fused-ring (bicyclic) bond motifs is 1. The van der Waals surface area contributed by atoms with Crippen LogP contribution in [0.1, 0.15) is 15.9 Å². The van der Waals surface area contributed by atoms with E-state index in [0.717, 1.165) is 11.6 Å². The van der Waals surface area contributed by atoms with Gasteiger partial charge in [-0.25, -0.2) is 13.9 Å². The van der Waals surface area contributed by atoms with E-state index in [2.05, 4.69) is 15.4 Å². The lowest BCUT2D eigenvalue weighted by atomic mass is 10.0. The van der Waals surface area contributed by atoms with Crippen molar-refractivity contribution in [1.82, 2.24) is 14.6 Å². The Balaban J connectivity index is 1.82. The number of carbonyl (C=O) groups is 1. The van der Waals surface area contributed by atoms with Gasteiger partial charge in [0.25, 0.3) is 0 Å². The monoisotopic (exact) mass is 453 g/mol. The summed E-state index contributed by atoms with van der Waals surface area (Å²) in [4.78, 5) is 16.0. The number of methoxy groups -OCH3 is 1. The summed E-state index contributed by atoms with van der Waals surface area (Å²) < 4.78 is 40.0. The highest BCUT2D eigenvalue weighted by molar-refractivity contribution is 5.94. The van der Waals surface area contributed by atoms with E-state index in [1.54, 1.807) is 44.5 Å². The summed E-state index contributed by atoms with van der Waals surface area (Å²) in [5.41, 5.74) is 8.90. The number of hydrogen-bond donors (Lipinski definition) is 2. The van der Waals surface area contributed by atoms with Crippen LogP contribution < -0.4 is 15.8 Å². The molecule has 0 unspecified atom stereocenters. The summed E-state index contributed by atoms with van der Waals surface area (Å²) in [6.45, 7) is 2.68. The molecule has 33 heavy (non-hydrogen) atoms. The molecule has 0 radical (unpaired) electrons. The number of rotatable bonds is 8. The van der Waals surface area contributed by atoms with E-state index in [4.69, 9.17) is 15.2 Å². The van der Waals surface area contributed by atoms with Gasteiger partial charge in [-0.05, 0) is 36.8 Å². The number of halogens is 2. The molecule has 4 aromatic rings. The Labute approximate surface area is 188 Å². The lowest BCUT2D eigenvalue weighted by Gasteiger charge is -2.12.